The molecule has 0 fully saturated rings. The summed E-state index contributed by atoms with van der Waals surface area (Å²) in [6.07, 6.45) is 2.72. The fraction of sp³-hybridized carbons (Fsp3) is 0.571. The lowest BCUT2D eigenvalue weighted by atomic mass is 10.0. The highest BCUT2D eigenvalue weighted by Crippen LogP contribution is 2.23. The molecule has 1 aromatic rings. The highest BCUT2D eigenvalue weighted by Gasteiger charge is 2.12. The molecule has 0 amide bonds. The van der Waals surface area contributed by atoms with E-state index in [9.17, 15) is 8.42 Å². The van der Waals surface area contributed by atoms with Crippen molar-refractivity contribution < 1.29 is 8.42 Å². The van der Waals surface area contributed by atoms with Gasteiger partial charge in [-0.25, -0.2) is 8.42 Å². The second kappa shape index (κ2) is 7.27. The fourth-order valence-electron chi connectivity index (χ4n) is 2.15. The largest absolute Gasteiger partial charge is 0.310 e. The highest BCUT2D eigenvalue weighted by atomic mass is 35.5. The first-order valence-electron chi connectivity index (χ1n) is 6.50. The molecule has 0 radical (unpaired) electrons. The summed E-state index contributed by atoms with van der Waals surface area (Å²) in [5.74, 6) is 0.231. The maximum absolute atomic E-state index is 11.2. The first kappa shape index (κ1) is 16.5. The van der Waals surface area contributed by atoms with Gasteiger partial charge in [-0.3, -0.25) is 0 Å². The molecule has 0 heterocycles. The van der Waals surface area contributed by atoms with Crippen LogP contribution in [0.25, 0.3) is 0 Å². The van der Waals surface area contributed by atoms with Crippen molar-refractivity contribution >= 4 is 21.4 Å². The Morgan fingerprint density at radius 1 is 1.32 bits per heavy atom. The Morgan fingerprint density at radius 3 is 2.53 bits per heavy atom. The Labute approximate surface area is 121 Å². The molecule has 0 aromatic heterocycles. The topological polar surface area (TPSA) is 46.2 Å². The van der Waals surface area contributed by atoms with Gasteiger partial charge in [0, 0.05) is 23.1 Å². The van der Waals surface area contributed by atoms with Crippen LogP contribution in [-0.4, -0.2) is 27.0 Å². The third kappa shape index (κ3) is 6.41. The quantitative estimate of drug-likeness (QED) is 0.842. The molecule has 1 unspecified atom stereocenters. The summed E-state index contributed by atoms with van der Waals surface area (Å²) in [5, 5.41) is 4.11. The van der Waals surface area contributed by atoms with Crippen molar-refractivity contribution in [2.45, 2.75) is 32.7 Å². The summed E-state index contributed by atoms with van der Waals surface area (Å²) in [7, 11) is -2.89. The first-order chi connectivity index (χ1) is 8.81. The van der Waals surface area contributed by atoms with E-state index in [1.165, 1.54) is 6.26 Å². The Kier molecular flexibility index (Phi) is 6.30. The fourth-order valence-corrected chi connectivity index (χ4v) is 3.14. The van der Waals surface area contributed by atoms with Crippen LogP contribution in [0.3, 0.4) is 0 Å². The van der Waals surface area contributed by atoms with E-state index >= 15 is 0 Å². The molecule has 0 aliphatic rings. The first-order valence-corrected chi connectivity index (χ1v) is 8.94. The molecular weight excluding hydrogens is 282 g/mol. The molecule has 0 saturated carbocycles. The number of hydrogen-bond donors (Lipinski definition) is 1. The van der Waals surface area contributed by atoms with E-state index in [4.69, 9.17) is 11.6 Å². The van der Waals surface area contributed by atoms with Gasteiger partial charge in [-0.1, -0.05) is 24.6 Å². The summed E-state index contributed by atoms with van der Waals surface area (Å²) in [6.45, 7) is 4.89. The highest BCUT2D eigenvalue weighted by molar-refractivity contribution is 7.90. The molecule has 0 spiro atoms. The predicted molar refractivity (Wildman–Crippen MR) is 81.6 cm³/mol. The molecule has 1 rings (SSSR count). The summed E-state index contributed by atoms with van der Waals surface area (Å²) in [5.41, 5.74) is 2.24. The van der Waals surface area contributed by atoms with Gasteiger partial charge >= 0.3 is 0 Å². The Bertz CT molecular complexity index is 494. The van der Waals surface area contributed by atoms with Crippen LogP contribution >= 0.6 is 11.6 Å². The number of benzene rings is 1. The average Bonchev–Trinajstić information content (AvgIpc) is 2.25. The number of nitrogens with one attached hydrogen (secondary N) is 1. The van der Waals surface area contributed by atoms with Gasteiger partial charge in [0.05, 0.1) is 0 Å². The van der Waals surface area contributed by atoms with E-state index in [0.717, 1.165) is 29.1 Å². The number of sulfone groups is 1. The molecule has 0 saturated heterocycles. The molecule has 1 atom stereocenters. The Morgan fingerprint density at radius 2 is 2.00 bits per heavy atom. The number of aryl methyl sites for hydroxylation is 1. The number of halogens is 1. The molecule has 1 N–H and O–H groups in total. The lowest BCUT2D eigenvalue weighted by Crippen LogP contribution is -2.21. The Hall–Kier alpha value is -0.580. The van der Waals surface area contributed by atoms with Crippen LogP contribution in [0.1, 0.15) is 36.9 Å². The third-order valence-corrected chi connectivity index (χ3v) is 4.17. The van der Waals surface area contributed by atoms with Gasteiger partial charge in [0.1, 0.15) is 9.84 Å². The average molecular weight is 304 g/mol. The van der Waals surface area contributed by atoms with Gasteiger partial charge in [0.2, 0.25) is 0 Å². The number of rotatable bonds is 7. The van der Waals surface area contributed by atoms with Crippen molar-refractivity contribution in [3.05, 3.63) is 34.3 Å². The van der Waals surface area contributed by atoms with Crippen LogP contribution in [0, 0.1) is 6.92 Å². The van der Waals surface area contributed by atoms with E-state index in [1.54, 1.807) is 0 Å². The van der Waals surface area contributed by atoms with Crippen molar-refractivity contribution in [1.29, 1.82) is 0 Å². The van der Waals surface area contributed by atoms with Crippen LogP contribution in [0.15, 0.2) is 18.2 Å². The van der Waals surface area contributed by atoms with E-state index in [0.29, 0.717) is 6.42 Å². The van der Waals surface area contributed by atoms with Gasteiger partial charge in [-0.05, 0) is 49.6 Å². The van der Waals surface area contributed by atoms with Gasteiger partial charge in [-0.15, -0.1) is 0 Å². The molecule has 19 heavy (non-hydrogen) atoms. The second-order valence-corrected chi connectivity index (χ2v) is 7.64. The molecule has 0 aliphatic carbocycles. The Balaban J connectivity index is 2.76. The maximum atomic E-state index is 11.2. The SMILES string of the molecule is CCNC(CCCS(C)(=O)=O)c1cc(C)cc(Cl)c1. The standard InChI is InChI=1S/C14H22ClNO2S/c1-4-16-14(6-5-7-19(3,17)18)12-8-11(2)9-13(15)10-12/h8-10,14,16H,4-7H2,1-3H3. The van der Waals surface area contributed by atoms with Crippen LogP contribution in [0.2, 0.25) is 5.02 Å². The molecule has 1 aromatic carbocycles. The van der Waals surface area contributed by atoms with Crippen molar-refractivity contribution in [3.63, 3.8) is 0 Å². The smallest absolute Gasteiger partial charge is 0.147 e. The van der Waals surface area contributed by atoms with Crippen LogP contribution in [0.5, 0.6) is 0 Å². The molecule has 0 aliphatic heterocycles. The van der Waals surface area contributed by atoms with Crippen LogP contribution < -0.4 is 5.32 Å². The minimum absolute atomic E-state index is 0.157. The van der Waals surface area contributed by atoms with E-state index in [1.807, 2.05) is 26.0 Å². The molecular formula is C14H22ClNO2S. The normalized spacial score (nSPS) is 13.5. The van der Waals surface area contributed by atoms with Crippen LogP contribution in [-0.2, 0) is 9.84 Å². The zero-order valence-corrected chi connectivity index (χ0v) is 13.3. The van der Waals surface area contributed by atoms with Gasteiger partial charge in [-0.2, -0.15) is 0 Å². The van der Waals surface area contributed by atoms with Gasteiger partial charge < -0.3 is 5.32 Å². The van der Waals surface area contributed by atoms with Crippen molar-refractivity contribution in [2.24, 2.45) is 0 Å². The summed E-state index contributed by atoms with van der Waals surface area (Å²) in [6, 6.07) is 6.12. The third-order valence-electron chi connectivity index (χ3n) is 2.93. The van der Waals surface area contributed by atoms with Crippen molar-refractivity contribution in [3.8, 4) is 0 Å². The maximum Gasteiger partial charge on any atom is 0.147 e. The summed E-state index contributed by atoms with van der Waals surface area (Å²) >= 11 is 6.08. The molecule has 5 heteroatoms. The minimum Gasteiger partial charge on any atom is -0.310 e. The zero-order valence-electron chi connectivity index (χ0n) is 11.7. The molecule has 108 valence electrons. The second-order valence-electron chi connectivity index (χ2n) is 4.94. The monoisotopic (exact) mass is 303 g/mol. The lowest BCUT2D eigenvalue weighted by Gasteiger charge is -2.19. The van der Waals surface area contributed by atoms with Crippen molar-refractivity contribution in [2.75, 3.05) is 18.6 Å². The number of hydrogen-bond acceptors (Lipinski definition) is 3. The predicted octanol–water partition coefficient (Wildman–Crippen LogP) is 3.12. The summed E-state index contributed by atoms with van der Waals surface area (Å²) < 4.78 is 22.3. The lowest BCUT2D eigenvalue weighted by molar-refractivity contribution is 0.507. The van der Waals surface area contributed by atoms with E-state index < -0.39 is 9.84 Å². The van der Waals surface area contributed by atoms with E-state index in [-0.39, 0.29) is 11.8 Å². The van der Waals surface area contributed by atoms with Crippen molar-refractivity contribution in [1.82, 2.24) is 5.32 Å². The van der Waals surface area contributed by atoms with E-state index in [2.05, 4.69) is 11.4 Å². The van der Waals surface area contributed by atoms with Crippen LogP contribution in [0.4, 0.5) is 0 Å². The molecule has 0 bridgehead atoms. The van der Waals surface area contributed by atoms with Gasteiger partial charge in [0.15, 0.2) is 0 Å². The van der Waals surface area contributed by atoms with Gasteiger partial charge in [0.25, 0.3) is 0 Å². The zero-order chi connectivity index (χ0) is 14.5. The molecule has 3 nitrogen and oxygen atoms in total. The minimum atomic E-state index is -2.89. The summed E-state index contributed by atoms with van der Waals surface area (Å²) in [4.78, 5) is 0.